The van der Waals surface area contributed by atoms with Gasteiger partial charge in [-0.15, -0.1) is 11.3 Å². The summed E-state index contributed by atoms with van der Waals surface area (Å²) < 4.78 is 5.16. The van der Waals surface area contributed by atoms with E-state index in [-0.39, 0.29) is 5.97 Å². The highest BCUT2D eigenvalue weighted by Gasteiger charge is 2.24. The second-order valence-electron chi connectivity index (χ2n) is 5.10. The first-order valence-corrected chi connectivity index (χ1v) is 8.12. The number of rotatable bonds is 5. The predicted molar refractivity (Wildman–Crippen MR) is 92.5 cm³/mol. The van der Waals surface area contributed by atoms with Crippen LogP contribution in [0.2, 0.25) is 5.02 Å². The van der Waals surface area contributed by atoms with Gasteiger partial charge in [0.15, 0.2) is 0 Å². The molecule has 0 saturated carbocycles. The van der Waals surface area contributed by atoms with Crippen LogP contribution >= 0.6 is 22.9 Å². The van der Waals surface area contributed by atoms with Crippen molar-refractivity contribution in [3.63, 3.8) is 0 Å². The predicted octanol–water partition coefficient (Wildman–Crippen LogP) is 3.89. The largest absolute Gasteiger partial charge is 0.462 e. The highest BCUT2D eigenvalue weighted by Crippen LogP contribution is 2.40. The van der Waals surface area contributed by atoms with Gasteiger partial charge in [0.2, 0.25) is 0 Å². The zero-order valence-electron chi connectivity index (χ0n) is 12.9. The number of thiophene rings is 1. The Labute approximate surface area is 139 Å². The maximum Gasteiger partial charge on any atom is 0.341 e. The molecule has 0 saturated heterocycles. The molecule has 2 N–H and O–H groups in total. The molecule has 0 radical (unpaired) electrons. The summed E-state index contributed by atoms with van der Waals surface area (Å²) in [5.41, 5.74) is 8.29. The molecule has 0 spiro atoms. The van der Waals surface area contributed by atoms with E-state index in [1.807, 2.05) is 31.1 Å². The maximum atomic E-state index is 12.3. The molecule has 6 heteroatoms. The monoisotopic (exact) mass is 338 g/mol. The zero-order chi connectivity index (χ0) is 16.3. The normalized spacial score (nSPS) is 11.0. The smallest absolute Gasteiger partial charge is 0.341 e. The molecule has 22 heavy (non-hydrogen) atoms. The molecule has 0 aliphatic heterocycles. The summed E-state index contributed by atoms with van der Waals surface area (Å²) in [5, 5.41) is 1.14. The van der Waals surface area contributed by atoms with Crippen molar-refractivity contribution < 1.29 is 9.53 Å². The molecule has 0 fully saturated rings. The lowest BCUT2D eigenvalue weighted by molar-refractivity contribution is 0.0529. The molecule has 0 atom stereocenters. The minimum atomic E-state index is -0.383. The first-order valence-electron chi connectivity index (χ1n) is 6.93. The highest BCUT2D eigenvalue weighted by molar-refractivity contribution is 7.17. The molecule has 0 aliphatic carbocycles. The van der Waals surface area contributed by atoms with Crippen LogP contribution in [0.3, 0.4) is 0 Å². The molecule has 1 aromatic carbocycles. The molecule has 4 nitrogen and oxygen atoms in total. The number of hydrogen-bond donors (Lipinski definition) is 1. The topological polar surface area (TPSA) is 55.6 Å². The van der Waals surface area contributed by atoms with Crippen molar-refractivity contribution >= 4 is 33.9 Å². The average Bonchev–Trinajstić information content (AvgIpc) is 2.75. The van der Waals surface area contributed by atoms with Gasteiger partial charge in [0.05, 0.1) is 6.61 Å². The van der Waals surface area contributed by atoms with Crippen LogP contribution in [0.15, 0.2) is 24.3 Å². The van der Waals surface area contributed by atoms with E-state index in [0.717, 1.165) is 16.0 Å². The van der Waals surface area contributed by atoms with Gasteiger partial charge in [0.25, 0.3) is 0 Å². The third kappa shape index (κ3) is 3.61. The SMILES string of the molecule is CCOC(=O)c1c(N)sc(CN(C)C)c1-c1ccc(Cl)cc1. The Morgan fingerprint density at radius 3 is 2.50 bits per heavy atom. The summed E-state index contributed by atoms with van der Waals surface area (Å²) in [6.07, 6.45) is 0. The fourth-order valence-electron chi connectivity index (χ4n) is 2.22. The van der Waals surface area contributed by atoms with Gasteiger partial charge in [-0.2, -0.15) is 0 Å². The molecule has 2 aromatic rings. The number of carbonyl (C=O) groups is 1. The third-order valence-electron chi connectivity index (χ3n) is 3.08. The molecule has 0 bridgehead atoms. The Hall–Kier alpha value is -1.56. The van der Waals surface area contributed by atoms with Gasteiger partial charge in [-0.25, -0.2) is 4.79 Å². The molecular formula is C16H19ClN2O2S. The van der Waals surface area contributed by atoms with Gasteiger partial charge in [-0.05, 0) is 38.7 Å². The van der Waals surface area contributed by atoms with Gasteiger partial charge < -0.3 is 15.4 Å². The zero-order valence-corrected chi connectivity index (χ0v) is 14.4. The van der Waals surface area contributed by atoms with Crippen molar-refractivity contribution in [3.05, 3.63) is 39.7 Å². The molecular weight excluding hydrogens is 320 g/mol. The molecule has 0 amide bonds. The van der Waals surface area contributed by atoms with Gasteiger partial charge in [0.1, 0.15) is 10.6 Å². The summed E-state index contributed by atoms with van der Waals surface area (Å²) in [5.74, 6) is -0.383. The van der Waals surface area contributed by atoms with Crippen LogP contribution in [0, 0.1) is 0 Å². The van der Waals surface area contributed by atoms with Crippen LogP contribution in [0.5, 0.6) is 0 Å². The fourth-order valence-corrected chi connectivity index (χ4v) is 3.55. The minimum Gasteiger partial charge on any atom is -0.462 e. The van der Waals surface area contributed by atoms with Crippen molar-refractivity contribution in [3.8, 4) is 11.1 Å². The summed E-state index contributed by atoms with van der Waals surface area (Å²) in [4.78, 5) is 15.4. The van der Waals surface area contributed by atoms with Crippen molar-refractivity contribution in [2.45, 2.75) is 13.5 Å². The van der Waals surface area contributed by atoms with Gasteiger partial charge in [0, 0.05) is 22.0 Å². The summed E-state index contributed by atoms with van der Waals surface area (Å²) in [6.45, 7) is 2.80. The number of benzene rings is 1. The van der Waals surface area contributed by atoms with E-state index in [1.165, 1.54) is 11.3 Å². The van der Waals surface area contributed by atoms with Crippen molar-refractivity contribution in [2.75, 3.05) is 26.4 Å². The number of carbonyl (C=O) groups excluding carboxylic acids is 1. The fraction of sp³-hybridized carbons (Fsp3) is 0.312. The molecule has 1 heterocycles. The van der Waals surface area contributed by atoms with Crippen molar-refractivity contribution in [2.24, 2.45) is 0 Å². The summed E-state index contributed by atoms with van der Waals surface area (Å²) in [6, 6.07) is 7.40. The number of nitrogens with two attached hydrogens (primary N) is 1. The third-order valence-corrected chi connectivity index (χ3v) is 4.34. The Bertz CT molecular complexity index is 666. The van der Waals surface area contributed by atoms with Gasteiger partial charge in [-0.3, -0.25) is 0 Å². The number of ether oxygens (including phenoxy) is 1. The van der Waals surface area contributed by atoms with Crippen molar-refractivity contribution in [1.29, 1.82) is 0 Å². The maximum absolute atomic E-state index is 12.3. The van der Waals surface area contributed by atoms with Crippen LogP contribution in [-0.2, 0) is 11.3 Å². The summed E-state index contributed by atoms with van der Waals surface area (Å²) >= 11 is 7.38. The van der Waals surface area contributed by atoms with E-state index in [9.17, 15) is 4.79 Å². The molecule has 0 unspecified atom stereocenters. The lowest BCUT2D eigenvalue weighted by Gasteiger charge is -2.12. The van der Waals surface area contributed by atoms with Crippen LogP contribution < -0.4 is 5.73 Å². The molecule has 118 valence electrons. The second-order valence-corrected chi connectivity index (χ2v) is 6.68. The number of anilines is 1. The number of nitrogen functional groups attached to an aromatic ring is 1. The van der Waals surface area contributed by atoms with Crippen LogP contribution in [0.25, 0.3) is 11.1 Å². The average molecular weight is 339 g/mol. The quantitative estimate of drug-likeness (QED) is 0.840. The Morgan fingerprint density at radius 2 is 1.95 bits per heavy atom. The number of halogens is 1. The van der Waals surface area contributed by atoms with E-state index in [4.69, 9.17) is 22.1 Å². The lowest BCUT2D eigenvalue weighted by atomic mass is 10.0. The number of hydrogen-bond acceptors (Lipinski definition) is 5. The molecule has 1 aromatic heterocycles. The van der Waals surface area contributed by atoms with Gasteiger partial charge >= 0.3 is 5.97 Å². The molecule has 2 rings (SSSR count). The van der Waals surface area contributed by atoms with E-state index in [2.05, 4.69) is 0 Å². The van der Waals surface area contributed by atoms with Crippen LogP contribution in [0.1, 0.15) is 22.2 Å². The van der Waals surface area contributed by atoms with E-state index < -0.39 is 0 Å². The number of esters is 1. The first-order chi connectivity index (χ1) is 10.4. The Balaban J connectivity index is 2.60. The minimum absolute atomic E-state index is 0.317. The standard InChI is InChI=1S/C16H19ClN2O2S/c1-4-21-16(20)14-13(10-5-7-11(17)8-6-10)12(9-19(2)3)22-15(14)18/h5-8H,4,9,18H2,1-3H3. The second kappa shape index (κ2) is 7.13. The number of nitrogens with zero attached hydrogens (tertiary/aromatic N) is 1. The lowest BCUT2D eigenvalue weighted by Crippen LogP contribution is -2.11. The molecule has 0 aliphatic rings. The van der Waals surface area contributed by atoms with Crippen LogP contribution in [-0.4, -0.2) is 31.6 Å². The van der Waals surface area contributed by atoms with E-state index in [1.54, 1.807) is 19.1 Å². The van der Waals surface area contributed by atoms with Crippen LogP contribution in [0.4, 0.5) is 5.00 Å². The van der Waals surface area contributed by atoms with E-state index in [0.29, 0.717) is 28.7 Å². The highest BCUT2D eigenvalue weighted by atomic mass is 35.5. The van der Waals surface area contributed by atoms with E-state index >= 15 is 0 Å². The van der Waals surface area contributed by atoms with Crippen molar-refractivity contribution in [1.82, 2.24) is 4.90 Å². The summed E-state index contributed by atoms with van der Waals surface area (Å²) in [7, 11) is 3.96. The Kier molecular flexibility index (Phi) is 5.45. The Morgan fingerprint density at radius 1 is 1.32 bits per heavy atom. The van der Waals surface area contributed by atoms with Gasteiger partial charge in [-0.1, -0.05) is 23.7 Å². The first kappa shape index (κ1) is 16.8.